The van der Waals surface area contributed by atoms with Gasteiger partial charge >= 0.3 is 5.97 Å². The molecular formula is C20H18Cl2N2O2S. The van der Waals surface area contributed by atoms with Crippen LogP contribution in [0.2, 0.25) is 10.0 Å². The Kier molecular flexibility index (Phi) is 5.01. The van der Waals surface area contributed by atoms with E-state index >= 15 is 0 Å². The van der Waals surface area contributed by atoms with Gasteiger partial charge < -0.3 is 5.11 Å². The number of halogens is 2. The van der Waals surface area contributed by atoms with Crippen LogP contribution in [0.5, 0.6) is 0 Å². The van der Waals surface area contributed by atoms with Gasteiger partial charge in [-0.2, -0.15) is 5.10 Å². The van der Waals surface area contributed by atoms with Crippen molar-refractivity contribution in [3.05, 3.63) is 56.5 Å². The Balaban J connectivity index is 1.87. The summed E-state index contributed by atoms with van der Waals surface area (Å²) in [6.07, 6.45) is 5.00. The Hall–Kier alpha value is -1.82. The van der Waals surface area contributed by atoms with Crippen molar-refractivity contribution < 1.29 is 9.90 Å². The number of hydrogen-bond donors (Lipinski definition) is 1. The number of aromatic carboxylic acids is 1. The van der Waals surface area contributed by atoms with E-state index in [1.54, 1.807) is 41.1 Å². The van der Waals surface area contributed by atoms with Crippen molar-refractivity contribution >= 4 is 40.5 Å². The minimum atomic E-state index is -1.05. The lowest BCUT2D eigenvalue weighted by molar-refractivity contribution is 0.0689. The highest BCUT2D eigenvalue weighted by molar-refractivity contribution is 7.15. The number of carboxylic acids is 1. The Morgan fingerprint density at radius 2 is 1.96 bits per heavy atom. The van der Waals surface area contributed by atoms with E-state index in [2.05, 4.69) is 17.2 Å². The fourth-order valence-electron chi connectivity index (χ4n) is 3.73. The molecule has 1 saturated carbocycles. The predicted octanol–water partition coefficient (Wildman–Crippen LogP) is 6.57. The first kappa shape index (κ1) is 18.5. The van der Waals surface area contributed by atoms with Gasteiger partial charge in [-0.05, 0) is 56.0 Å². The van der Waals surface area contributed by atoms with Crippen LogP contribution in [0, 0.1) is 6.92 Å². The zero-order chi connectivity index (χ0) is 19.1. The smallest absolute Gasteiger partial charge is 0.356 e. The monoisotopic (exact) mass is 420 g/mol. The van der Waals surface area contributed by atoms with E-state index in [-0.39, 0.29) is 5.69 Å². The molecule has 0 spiro atoms. The first-order chi connectivity index (χ1) is 13.0. The fourth-order valence-corrected chi connectivity index (χ4v) is 5.48. The summed E-state index contributed by atoms with van der Waals surface area (Å²) in [5.74, 6) is -0.441. The lowest BCUT2D eigenvalue weighted by Crippen LogP contribution is -2.02. The number of rotatable bonds is 4. The fraction of sp³-hybridized carbons (Fsp3) is 0.300. The van der Waals surface area contributed by atoms with Gasteiger partial charge in [0.05, 0.1) is 21.3 Å². The van der Waals surface area contributed by atoms with E-state index in [4.69, 9.17) is 23.2 Å². The summed E-state index contributed by atoms with van der Waals surface area (Å²) in [7, 11) is 0. The largest absolute Gasteiger partial charge is 0.476 e. The molecule has 1 aliphatic carbocycles. The Morgan fingerprint density at radius 1 is 1.22 bits per heavy atom. The van der Waals surface area contributed by atoms with Crippen LogP contribution in [0.4, 0.5) is 0 Å². The standard InChI is InChI=1S/C20H18Cl2N2O2S/c1-11-18(20(25)26)23-24(15-7-6-13(21)10-14(15)22)19(11)17-9-8-16(27-17)12-4-2-3-5-12/h6-10,12H,2-5H2,1H3,(H,25,26). The maximum atomic E-state index is 11.7. The maximum absolute atomic E-state index is 11.7. The molecule has 1 fully saturated rings. The molecule has 2 aromatic heterocycles. The van der Waals surface area contributed by atoms with Crippen molar-refractivity contribution in [3.63, 3.8) is 0 Å². The normalized spacial score (nSPS) is 14.8. The average molecular weight is 421 g/mol. The first-order valence-electron chi connectivity index (χ1n) is 8.84. The molecular weight excluding hydrogens is 403 g/mol. The highest BCUT2D eigenvalue weighted by Crippen LogP contribution is 2.42. The minimum Gasteiger partial charge on any atom is -0.476 e. The summed E-state index contributed by atoms with van der Waals surface area (Å²) in [6.45, 7) is 1.79. The number of hydrogen-bond acceptors (Lipinski definition) is 3. The number of benzene rings is 1. The molecule has 0 aliphatic heterocycles. The first-order valence-corrected chi connectivity index (χ1v) is 10.4. The number of aromatic nitrogens is 2. The Labute approximate surface area is 171 Å². The lowest BCUT2D eigenvalue weighted by atomic mass is 10.1. The summed E-state index contributed by atoms with van der Waals surface area (Å²) in [5, 5.41) is 14.9. The summed E-state index contributed by atoms with van der Waals surface area (Å²) in [5.41, 5.74) is 2.05. The van der Waals surface area contributed by atoms with Crippen LogP contribution in [0.3, 0.4) is 0 Å². The van der Waals surface area contributed by atoms with E-state index in [0.717, 1.165) is 10.6 Å². The lowest BCUT2D eigenvalue weighted by Gasteiger charge is -2.09. The van der Waals surface area contributed by atoms with Crippen molar-refractivity contribution in [2.24, 2.45) is 0 Å². The zero-order valence-electron chi connectivity index (χ0n) is 14.7. The third-order valence-corrected chi connectivity index (χ3v) is 6.87. The van der Waals surface area contributed by atoms with Gasteiger partial charge in [0.1, 0.15) is 0 Å². The molecule has 0 bridgehead atoms. The average Bonchev–Trinajstić information content (AvgIpc) is 3.33. The number of thiophene rings is 1. The van der Waals surface area contributed by atoms with Gasteiger partial charge in [0.2, 0.25) is 0 Å². The van der Waals surface area contributed by atoms with E-state index < -0.39 is 5.97 Å². The minimum absolute atomic E-state index is 0.0341. The zero-order valence-corrected chi connectivity index (χ0v) is 17.0. The Bertz CT molecular complexity index is 1020. The highest BCUT2D eigenvalue weighted by atomic mass is 35.5. The van der Waals surface area contributed by atoms with Gasteiger partial charge in [0, 0.05) is 15.5 Å². The molecule has 4 rings (SSSR count). The molecule has 4 nitrogen and oxygen atoms in total. The van der Waals surface area contributed by atoms with Crippen molar-refractivity contribution in [1.82, 2.24) is 9.78 Å². The Morgan fingerprint density at radius 3 is 2.63 bits per heavy atom. The van der Waals surface area contributed by atoms with Gasteiger partial charge in [-0.3, -0.25) is 0 Å². The molecule has 27 heavy (non-hydrogen) atoms. The van der Waals surface area contributed by atoms with Gasteiger partial charge in [-0.25, -0.2) is 9.48 Å². The summed E-state index contributed by atoms with van der Waals surface area (Å²) < 4.78 is 1.63. The number of carbonyl (C=O) groups is 1. The predicted molar refractivity (Wildman–Crippen MR) is 110 cm³/mol. The SMILES string of the molecule is Cc1c(C(=O)O)nn(-c2ccc(Cl)cc2Cl)c1-c1ccc(C2CCCC2)s1. The maximum Gasteiger partial charge on any atom is 0.356 e. The molecule has 1 aromatic carbocycles. The summed E-state index contributed by atoms with van der Waals surface area (Å²) in [6, 6.07) is 9.35. The van der Waals surface area contributed by atoms with E-state index in [9.17, 15) is 9.90 Å². The van der Waals surface area contributed by atoms with Crippen molar-refractivity contribution in [3.8, 4) is 16.3 Å². The van der Waals surface area contributed by atoms with Gasteiger partial charge in [-0.15, -0.1) is 11.3 Å². The molecule has 1 aliphatic rings. The molecule has 0 unspecified atom stereocenters. The van der Waals surface area contributed by atoms with Crippen LogP contribution in [0.25, 0.3) is 16.3 Å². The summed E-state index contributed by atoms with van der Waals surface area (Å²) >= 11 is 14.1. The van der Waals surface area contributed by atoms with Crippen LogP contribution < -0.4 is 0 Å². The van der Waals surface area contributed by atoms with Gasteiger partial charge in [0.25, 0.3) is 0 Å². The summed E-state index contributed by atoms with van der Waals surface area (Å²) in [4.78, 5) is 14.0. The molecule has 3 aromatic rings. The second-order valence-electron chi connectivity index (χ2n) is 6.82. The molecule has 2 heterocycles. The topological polar surface area (TPSA) is 55.1 Å². The number of carboxylic acid groups (broad SMARTS) is 1. The van der Waals surface area contributed by atoms with Crippen LogP contribution >= 0.6 is 34.5 Å². The van der Waals surface area contributed by atoms with Crippen LogP contribution in [-0.2, 0) is 0 Å². The molecule has 0 saturated heterocycles. The third kappa shape index (κ3) is 3.40. The van der Waals surface area contributed by atoms with Gasteiger partial charge in [0.15, 0.2) is 5.69 Å². The second-order valence-corrected chi connectivity index (χ2v) is 8.78. The van der Waals surface area contributed by atoms with Crippen LogP contribution in [-0.4, -0.2) is 20.9 Å². The molecule has 0 atom stereocenters. The molecule has 1 N–H and O–H groups in total. The quantitative estimate of drug-likeness (QED) is 0.518. The van der Waals surface area contributed by atoms with Crippen LogP contribution in [0.1, 0.15) is 52.5 Å². The van der Waals surface area contributed by atoms with Gasteiger partial charge in [-0.1, -0.05) is 36.0 Å². The molecule has 0 amide bonds. The highest BCUT2D eigenvalue weighted by Gasteiger charge is 2.25. The van der Waals surface area contributed by atoms with E-state index in [1.165, 1.54) is 30.6 Å². The number of nitrogens with zero attached hydrogens (tertiary/aromatic N) is 2. The third-order valence-electron chi connectivity index (χ3n) is 5.08. The molecule has 140 valence electrons. The molecule has 7 heteroatoms. The molecule has 0 radical (unpaired) electrons. The van der Waals surface area contributed by atoms with Crippen LogP contribution in [0.15, 0.2) is 30.3 Å². The van der Waals surface area contributed by atoms with Crippen molar-refractivity contribution in [2.75, 3.05) is 0 Å². The van der Waals surface area contributed by atoms with E-state index in [0.29, 0.717) is 27.2 Å². The van der Waals surface area contributed by atoms with Crippen molar-refractivity contribution in [1.29, 1.82) is 0 Å². The van der Waals surface area contributed by atoms with E-state index in [1.807, 2.05) is 0 Å². The van der Waals surface area contributed by atoms with Crippen molar-refractivity contribution in [2.45, 2.75) is 38.5 Å². The second kappa shape index (κ2) is 7.30.